The minimum Gasteiger partial charge on any atom is -0.480 e. The second-order valence-electron chi connectivity index (χ2n) is 4.04. The van der Waals surface area contributed by atoms with Gasteiger partial charge in [0.25, 0.3) is 5.91 Å². The van der Waals surface area contributed by atoms with E-state index in [0.29, 0.717) is 0 Å². The third kappa shape index (κ3) is 3.18. The van der Waals surface area contributed by atoms with Gasteiger partial charge in [-0.05, 0) is 18.1 Å². The van der Waals surface area contributed by atoms with E-state index in [2.05, 4.69) is 0 Å². The third-order valence-electron chi connectivity index (χ3n) is 2.33. The molecule has 1 unspecified atom stereocenters. The summed E-state index contributed by atoms with van der Waals surface area (Å²) >= 11 is 0. The monoisotopic (exact) mass is 251 g/mol. The topological polar surface area (TPSA) is 88.1 Å². The Morgan fingerprint density at radius 2 is 2.22 bits per heavy atom. The van der Waals surface area contributed by atoms with Crippen LogP contribution in [0.2, 0.25) is 0 Å². The summed E-state index contributed by atoms with van der Waals surface area (Å²) in [5, 5.41) is 8.59. The fourth-order valence-corrected chi connectivity index (χ4v) is 1.38. The van der Waals surface area contributed by atoms with Crippen LogP contribution in [0.4, 0.5) is 4.39 Å². The van der Waals surface area contributed by atoms with Gasteiger partial charge in [0.05, 0.1) is 5.56 Å². The summed E-state index contributed by atoms with van der Waals surface area (Å²) in [6.07, 6.45) is -0.817. The molecular weight excluding hydrogens is 237 g/mol. The van der Waals surface area contributed by atoms with Crippen molar-refractivity contribution in [2.75, 3.05) is 0 Å². The van der Waals surface area contributed by atoms with Crippen LogP contribution in [0.25, 0.3) is 0 Å². The van der Waals surface area contributed by atoms with E-state index >= 15 is 0 Å². The molecule has 3 N–H and O–H groups in total. The van der Waals surface area contributed by atoms with Gasteiger partial charge >= 0.3 is 0 Å². The Balaban J connectivity index is 2.92. The molecule has 0 saturated carbocycles. The fraction of sp³-hybridized carbons (Fsp3) is 0.333. The van der Waals surface area contributed by atoms with E-state index in [4.69, 9.17) is 15.8 Å². The van der Waals surface area contributed by atoms with Crippen LogP contribution in [-0.4, -0.2) is 12.0 Å². The van der Waals surface area contributed by atoms with Gasteiger partial charge in [0.2, 0.25) is 0 Å². The third-order valence-corrected chi connectivity index (χ3v) is 2.33. The van der Waals surface area contributed by atoms with Crippen molar-refractivity contribution in [1.29, 1.82) is 5.26 Å². The molecule has 1 aromatic carbocycles. The Morgan fingerprint density at radius 3 is 2.67 bits per heavy atom. The second-order valence-corrected chi connectivity index (χ2v) is 4.04. The van der Waals surface area contributed by atoms with Crippen LogP contribution < -0.4 is 16.0 Å². The Hall–Kier alpha value is -2.13. The number of benzene rings is 1. The molecule has 0 aliphatic rings. The molecule has 0 fully saturated rings. The second kappa shape index (κ2) is 5.98. The first-order chi connectivity index (χ1) is 8.49. The summed E-state index contributed by atoms with van der Waals surface area (Å²) in [4.78, 5) is 11.5. The van der Waals surface area contributed by atoms with E-state index < -0.39 is 17.8 Å². The number of rotatable bonds is 4. The summed E-state index contributed by atoms with van der Waals surface area (Å²) < 4.78 is 18.7. The van der Waals surface area contributed by atoms with Crippen LogP contribution in [0.3, 0.4) is 0 Å². The number of amides is 1. The Bertz CT molecular complexity index is 483. The number of hydrogen-bond acceptors (Lipinski definition) is 4. The van der Waals surface area contributed by atoms with Gasteiger partial charge in [0.15, 0.2) is 6.10 Å². The van der Waals surface area contributed by atoms with Gasteiger partial charge in [0, 0.05) is 6.07 Å². The molecule has 5 nitrogen and oxygen atoms in total. The zero-order chi connectivity index (χ0) is 13.7. The molecule has 0 radical (unpaired) electrons. The molecule has 18 heavy (non-hydrogen) atoms. The molecule has 0 heterocycles. The maximum absolute atomic E-state index is 13.4. The number of ether oxygens (including phenoxy) is 1. The standard InChI is InChI=1S/C12H14FN3O2/c1-7(2)11(12(17)16-15)18-9-4-3-8(6-14)10(13)5-9/h3-5,7,11H,15H2,1-2H3,(H,16,17). The lowest BCUT2D eigenvalue weighted by Gasteiger charge is -2.20. The van der Waals surface area contributed by atoms with Gasteiger partial charge in [0.1, 0.15) is 17.6 Å². The number of carbonyl (C=O) groups is 1. The van der Waals surface area contributed by atoms with Crippen LogP contribution >= 0.6 is 0 Å². The van der Waals surface area contributed by atoms with Crippen LogP contribution in [-0.2, 0) is 4.79 Å². The van der Waals surface area contributed by atoms with Crippen molar-refractivity contribution in [3.63, 3.8) is 0 Å². The molecule has 0 aromatic heterocycles. The molecule has 1 aromatic rings. The number of halogens is 1. The molecular formula is C12H14FN3O2. The SMILES string of the molecule is CC(C)C(Oc1ccc(C#N)c(F)c1)C(=O)NN. The lowest BCUT2D eigenvalue weighted by molar-refractivity contribution is -0.129. The lowest BCUT2D eigenvalue weighted by atomic mass is 10.1. The van der Waals surface area contributed by atoms with Crippen LogP contribution in [0, 0.1) is 23.1 Å². The molecule has 1 amide bonds. The van der Waals surface area contributed by atoms with Crippen LogP contribution in [0.1, 0.15) is 19.4 Å². The van der Waals surface area contributed by atoms with Crippen molar-refractivity contribution in [3.8, 4) is 11.8 Å². The fourth-order valence-electron chi connectivity index (χ4n) is 1.38. The Morgan fingerprint density at radius 1 is 1.56 bits per heavy atom. The predicted molar refractivity (Wildman–Crippen MR) is 62.7 cm³/mol. The molecule has 0 bridgehead atoms. The normalized spacial score (nSPS) is 11.8. The van der Waals surface area contributed by atoms with Crippen molar-refractivity contribution in [2.24, 2.45) is 11.8 Å². The molecule has 0 saturated heterocycles. The number of nitrogens with zero attached hydrogens (tertiary/aromatic N) is 1. The Kier molecular flexibility index (Phi) is 4.63. The van der Waals surface area contributed by atoms with E-state index in [-0.39, 0.29) is 17.2 Å². The molecule has 6 heteroatoms. The van der Waals surface area contributed by atoms with Gasteiger partial charge < -0.3 is 4.74 Å². The number of nitrogens with one attached hydrogen (secondary N) is 1. The summed E-state index contributed by atoms with van der Waals surface area (Å²) in [7, 11) is 0. The van der Waals surface area contributed by atoms with Crippen molar-refractivity contribution < 1.29 is 13.9 Å². The highest BCUT2D eigenvalue weighted by Crippen LogP contribution is 2.19. The molecule has 96 valence electrons. The number of nitriles is 1. The minimum atomic E-state index is -0.817. The average Bonchev–Trinajstić information content (AvgIpc) is 2.35. The highest BCUT2D eigenvalue weighted by molar-refractivity contribution is 5.80. The molecule has 0 aliphatic carbocycles. The molecule has 1 atom stereocenters. The van der Waals surface area contributed by atoms with Gasteiger partial charge in [-0.2, -0.15) is 5.26 Å². The quantitative estimate of drug-likeness (QED) is 0.476. The number of carbonyl (C=O) groups excluding carboxylic acids is 1. The zero-order valence-corrected chi connectivity index (χ0v) is 10.1. The highest BCUT2D eigenvalue weighted by Gasteiger charge is 2.23. The van der Waals surface area contributed by atoms with Crippen molar-refractivity contribution in [3.05, 3.63) is 29.6 Å². The molecule has 0 aliphatic heterocycles. The molecule has 0 spiro atoms. The molecule has 1 rings (SSSR count). The first kappa shape index (κ1) is 13.9. The summed E-state index contributed by atoms with van der Waals surface area (Å²) in [5.41, 5.74) is 1.92. The number of nitrogens with two attached hydrogens (primary N) is 1. The predicted octanol–water partition coefficient (Wildman–Crippen LogP) is 1.09. The number of hydrogen-bond donors (Lipinski definition) is 2. The highest BCUT2D eigenvalue weighted by atomic mass is 19.1. The van der Waals surface area contributed by atoms with E-state index in [1.165, 1.54) is 12.1 Å². The average molecular weight is 251 g/mol. The first-order valence-electron chi connectivity index (χ1n) is 5.36. The summed E-state index contributed by atoms with van der Waals surface area (Å²) in [5.74, 6) is 3.91. The van der Waals surface area contributed by atoms with Crippen molar-refractivity contribution in [2.45, 2.75) is 20.0 Å². The van der Waals surface area contributed by atoms with Gasteiger partial charge in [-0.3, -0.25) is 10.2 Å². The van der Waals surface area contributed by atoms with Gasteiger partial charge in [-0.25, -0.2) is 10.2 Å². The van der Waals surface area contributed by atoms with Crippen molar-refractivity contribution in [1.82, 2.24) is 5.43 Å². The maximum Gasteiger partial charge on any atom is 0.275 e. The number of hydrazine groups is 1. The van der Waals surface area contributed by atoms with Crippen LogP contribution in [0.5, 0.6) is 5.75 Å². The largest absolute Gasteiger partial charge is 0.480 e. The lowest BCUT2D eigenvalue weighted by Crippen LogP contribution is -2.44. The van der Waals surface area contributed by atoms with E-state index in [9.17, 15) is 9.18 Å². The van der Waals surface area contributed by atoms with Gasteiger partial charge in [-0.1, -0.05) is 13.8 Å². The smallest absolute Gasteiger partial charge is 0.275 e. The van der Waals surface area contributed by atoms with E-state index in [0.717, 1.165) is 6.07 Å². The summed E-state index contributed by atoms with van der Waals surface area (Å²) in [6.45, 7) is 3.56. The maximum atomic E-state index is 13.4. The van der Waals surface area contributed by atoms with E-state index in [1.807, 2.05) is 5.43 Å². The minimum absolute atomic E-state index is 0.0771. The van der Waals surface area contributed by atoms with E-state index in [1.54, 1.807) is 19.9 Å². The van der Waals surface area contributed by atoms with Crippen molar-refractivity contribution >= 4 is 5.91 Å². The first-order valence-corrected chi connectivity index (χ1v) is 5.36. The van der Waals surface area contributed by atoms with Gasteiger partial charge in [-0.15, -0.1) is 0 Å². The summed E-state index contributed by atoms with van der Waals surface area (Å²) in [6, 6.07) is 5.50. The Labute approximate surface area is 104 Å². The van der Waals surface area contributed by atoms with Crippen LogP contribution in [0.15, 0.2) is 18.2 Å². The zero-order valence-electron chi connectivity index (χ0n) is 10.1.